The maximum atomic E-state index is 9.87. The second-order valence-electron chi connectivity index (χ2n) is 4.30. The number of aliphatic imine (C=N–C) groups is 1. The maximum absolute atomic E-state index is 9.87. The standard InChI is InChI=1S/C10H19N3O/c14-10(4-3-5-10)8-13-9-11-6-1-2-7-12-9/h14H,1-8H2,(H2,11,12,13). The molecular weight excluding hydrogens is 178 g/mol. The first-order valence-electron chi connectivity index (χ1n) is 5.53. The van der Waals surface area contributed by atoms with Gasteiger partial charge in [0.1, 0.15) is 0 Å². The first-order valence-corrected chi connectivity index (χ1v) is 5.53. The topological polar surface area (TPSA) is 56.6 Å². The summed E-state index contributed by atoms with van der Waals surface area (Å²) in [5, 5.41) is 16.3. The molecule has 0 aromatic heterocycles. The number of nitrogens with one attached hydrogen (secondary N) is 2. The molecule has 4 heteroatoms. The number of hydrogen-bond acceptors (Lipinski definition) is 4. The van der Waals surface area contributed by atoms with Gasteiger partial charge < -0.3 is 15.7 Å². The summed E-state index contributed by atoms with van der Waals surface area (Å²) in [6.45, 7) is 2.52. The highest BCUT2D eigenvalue weighted by molar-refractivity contribution is 5.80. The van der Waals surface area contributed by atoms with E-state index < -0.39 is 5.60 Å². The van der Waals surface area contributed by atoms with Gasteiger partial charge in [0.15, 0.2) is 5.96 Å². The monoisotopic (exact) mass is 197 g/mol. The highest BCUT2D eigenvalue weighted by Gasteiger charge is 2.34. The Morgan fingerprint density at radius 3 is 2.93 bits per heavy atom. The molecule has 2 aliphatic rings. The van der Waals surface area contributed by atoms with Crippen molar-refractivity contribution < 1.29 is 5.11 Å². The van der Waals surface area contributed by atoms with Crippen LogP contribution >= 0.6 is 0 Å². The van der Waals surface area contributed by atoms with E-state index in [1.54, 1.807) is 0 Å². The number of nitrogens with zero attached hydrogens (tertiary/aromatic N) is 1. The highest BCUT2D eigenvalue weighted by atomic mass is 16.3. The molecule has 1 fully saturated rings. The van der Waals surface area contributed by atoms with E-state index in [1.807, 2.05) is 0 Å². The van der Waals surface area contributed by atoms with Crippen molar-refractivity contribution in [2.45, 2.75) is 37.7 Å². The van der Waals surface area contributed by atoms with E-state index in [0.29, 0.717) is 6.54 Å². The zero-order valence-electron chi connectivity index (χ0n) is 8.55. The first kappa shape index (κ1) is 9.77. The van der Waals surface area contributed by atoms with Crippen LogP contribution in [0.25, 0.3) is 0 Å². The van der Waals surface area contributed by atoms with E-state index in [1.165, 1.54) is 6.42 Å². The van der Waals surface area contributed by atoms with Crippen molar-refractivity contribution in [2.24, 2.45) is 4.99 Å². The lowest BCUT2D eigenvalue weighted by molar-refractivity contribution is -0.0279. The molecule has 3 N–H and O–H groups in total. The van der Waals surface area contributed by atoms with Gasteiger partial charge in [-0.3, -0.25) is 4.99 Å². The third-order valence-corrected chi connectivity index (χ3v) is 3.02. The minimum absolute atomic E-state index is 0.462. The van der Waals surface area contributed by atoms with Gasteiger partial charge in [-0.15, -0.1) is 0 Å². The normalized spacial score (nSPS) is 25.4. The van der Waals surface area contributed by atoms with Gasteiger partial charge in [0, 0.05) is 19.6 Å². The van der Waals surface area contributed by atoms with Crippen molar-refractivity contribution in [3.63, 3.8) is 0 Å². The molecule has 2 rings (SSSR count). The van der Waals surface area contributed by atoms with Crippen LogP contribution in [0.1, 0.15) is 32.1 Å². The molecule has 0 atom stereocenters. The fraction of sp³-hybridized carbons (Fsp3) is 0.900. The lowest BCUT2D eigenvalue weighted by Crippen LogP contribution is -2.50. The van der Waals surface area contributed by atoms with Crippen molar-refractivity contribution in [2.75, 3.05) is 19.6 Å². The number of guanidine groups is 1. The zero-order valence-corrected chi connectivity index (χ0v) is 8.55. The molecule has 14 heavy (non-hydrogen) atoms. The van der Waals surface area contributed by atoms with Gasteiger partial charge in [0.2, 0.25) is 0 Å². The summed E-state index contributed by atoms with van der Waals surface area (Å²) in [6, 6.07) is 0. The third kappa shape index (κ3) is 2.38. The van der Waals surface area contributed by atoms with E-state index in [2.05, 4.69) is 15.6 Å². The molecule has 0 spiro atoms. The lowest BCUT2D eigenvalue weighted by Gasteiger charge is -2.36. The van der Waals surface area contributed by atoms with E-state index in [4.69, 9.17) is 0 Å². The average molecular weight is 197 g/mol. The molecule has 0 saturated heterocycles. The van der Waals surface area contributed by atoms with Gasteiger partial charge in [-0.2, -0.15) is 0 Å². The van der Waals surface area contributed by atoms with Crippen molar-refractivity contribution >= 4 is 5.96 Å². The molecule has 1 heterocycles. The van der Waals surface area contributed by atoms with Crippen LogP contribution in [0.3, 0.4) is 0 Å². The zero-order chi connectivity index (χ0) is 9.86. The Morgan fingerprint density at radius 2 is 2.21 bits per heavy atom. The SMILES string of the molecule is OC1(CNC2=NCCCCN2)CCC1. The molecule has 0 amide bonds. The van der Waals surface area contributed by atoms with E-state index in [-0.39, 0.29) is 0 Å². The minimum Gasteiger partial charge on any atom is -0.388 e. The molecule has 0 aromatic carbocycles. The van der Waals surface area contributed by atoms with Crippen LogP contribution in [-0.4, -0.2) is 36.3 Å². The third-order valence-electron chi connectivity index (χ3n) is 3.02. The van der Waals surface area contributed by atoms with E-state index in [0.717, 1.165) is 44.7 Å². The summed E-state index contributed by atoms with van der Waals surface area (Å²) in [5.74, 6) is 0.864. The largest absolute Gasteiger partial charge is 0.388 e. The molecule has 4 nitrogen and oxygen atoms in total. The maximum Gasteiger partial charge on any atom is 0.191 e. The van der Waals surface area contributed by atoms with Crippen molar-refractivity contribution in [3.05, 3.63) is 0 Å². The Morgan fingerprint density at radius 1 is 1.36 bits per heavy atom. The van der Waals surface area contributed by atoms with Gasteiger partial charge >= 0.3 is 0 Å². The van der Waals surface area contributed by atoms with Crippen LogP contribution in [0, 0.1) is 0 Å². The van der Waals surface area contributed by atoms with Gasteiger partial charge in [0.05, 0.1) is 5.60 Å². The predicted molar refractivity (Wildman–Crippen MR) is 56.3 cm³/mol. The smallest absolute Gasteiger partial charge is 0.191 e. The van der Waals surface area contributed by atoms with Crippen LogP contribution in [0.15, 0.2) is 4.99 Å². The molecule has 1 aliphatic carbocycles. The van der Waals surface area contributed by atoms with Crippen LogP contribution in [-0.2, 0) is 0 Å². The van der Waals surface area contributed by atoms with Crippen LogP contribution in [0.4, 0.5) is 0 Å². The molecule has 0 bridgehead atoms. The average Bonchev–Trinajstić information content (AvgIpc) is 2.40. The number of hydrogen-bond donors (Lipinski definition) is 3. The van der Waals surface area contributed by atoms with Crippen molar-refractivity contribution in [1.82, 2.24) is 10.6 Å². The van der Waals surface area contributed by atoms with Crippen molar-refractivity contribution in [1.29, 1.82) is 0 Å². The second-order valence-corrected chi connectivity index (χ2v) is 4.30. The molecule has 0 unspecified atom stereocenters. The summed E-state index contributed by atoms with van der Waals surface area (Å²) in [7, 11) is 0. The summed E-state index contributed by atoms with van der Waals surface area (Å²) < 4.78 is 0. The summed E-state index contributed by atoms with van der Waals surface area (Å²) in [6.07, 6.45) is 5.33. The van der Waals surface area contributed by atoms with Gasteiger partial charge in [0.25, 0.3) is 0 Å². The van der Waals surface area contributed by atoms with Crippen LogP contribution < -0.4 is 10.6 Å². The molecule has 1 aliphatic heterocycles. The quantitative estimate of drug-likeness (QED) is 0.594. The van der Waals surface area contributed by atoms with Gasteiger partial charge in [-0.1, -0.05) is 0 Å². The lowest BCUT2D eigenvalue weighted by atomic mass is 9.80. The Kier molecular flexibility index (Phi) is 2.91. The Balaban J connectivity index is 1.75. The van der Waals surface area contributed by atoms with Gasteiger partial charge in [-0.05, 0) is 32.1 Å². The second kappa shape index (κ2) is 4.17. The predicted octanol–water partition coefficient (Wildman–Crippen LogP) is 0.230. The van der Waals surface area contributed by atoms with Crippen molar-refractivity contribution in [3.8, 4) is 0 Å². The molecule has 80 valence electrons. The first-order chi connectivity index (χ1) is 6.79. The van der Waals surface area contributed by atoms with E-state index in [9.17, 15) is 5.11 Å². The molecule has 0 aromatic rings. The summed E-state index contributed by atoms with van der Waals surface area (Å²) in [5.41, 5.74) is -0.462. The van der Waals surface area contributed by atoms with Gasteiger partial charge in [-0.25, -0.2) is 0 Å². The van der Waals surface area contributed by atoms with E-state index >= 15 is 0 Å². The number of rotatable bonds is 2. The molecule has 1 saturated carbocycles. The Hall–Kier alpha value is -0.770. The molecular formula is C10H19N3O. The minimum atomic E-state index is -0.462. The van der Waals surface area contributed by atoms with Crippen LogP contribution in [0.2, 0.25) is 0 Å². The summed E-state index contributed by atoms with van der Waals surface area (Å²) >= 11 is 0. The Labute approximate surface area is 84.8 Å². The summed E-state index contributed by atoms with van der Waals surface area (Å²) in [4.78, 5) is 4.37. The fourth-order valence-corrected chi connectivity index (χ4v) is 1.82. The fourth-order valence-electron chi connectivity index (χ4n) is 1.82. The highest BCUT2D eigenvalue weighted by Crippen LogP contribution is 2.30. The molecule has 0 radical (unpaired) electrons. The number of aliphatic hydroxyl groups is 1. The van der Waals surface area contributed by atoms with Crippen LogP contribution in [0.5, 0.6) is 0 Å². The Bertz CT molecular complexity index is 223.